The summed E-state index contributed by atoms with van der Waals surface area (Å²) in [6, 6.07) is 8.13. The number of phenols is 1. The Morgan fingerprint density at radius 2 is 1.61 bits per heavy atom. The van der Waals surface area contributed by atoms with Crippen LogP contribution >= 0.6 is 17.0 Å². The van der Waals surface area contributed by atoms with Crippen molar-refractivity contribution in [2.24, 2.45) is 5.73 Å². The van der Waals surface area contributed by atoms with Gasteiger partial charge in [-0.15, -0.1) is 17.0 Å². The minimum absolute atomic E-state index is 0. The van der Waals surface area contributed by atoms with Gasteiger partial charge in [0.25, 0.3) is 0 Å². The maximum Gasteiger partial charge on any atom is 0.316 e. The summed E-state index contributed by atoms with van der Waals surface area (Å²) in [4.78, 5) is 26.1. The number of aromatic hydroxyl groups is 1. The first-order valence-corrected chi connectivity index (χ1v) is 10.6. The molecule has 0 aromatic heterocycles. The van der Waals surface area contributed by atoms with Gasteiger partial charge < -0.3 is 21.1 Å². The molecule has 2 aromatic carbocycles. The zero-order chi connectivity index (χ0) is 24.0. The van der Waals surface area contributed by atoms with Crippen LogP contribution in [-0.2, 0) is 17.4 Å². The Morgan fingerprint density at radius 1 is 1.06 bits per heavy atom. The molecular weight excluding hydrogens is 484 g/mol. The van der Waals surface area contributed by atoms with Crippen LogP contribution in [-0.4, -0.2) is 34.2 Å². The number of nitrogens with two attached hydrogens (primary N) is 1. The van der Waals surface area contributed by atoms with E-state index in [1.54, 1.807) is 29.2 Å². The number of anilines is 1. The molecule has 0 bridgehead atoms. The Kier molecular flexibility index (Phi) is 7.33. The van der Waals surface area contributed by atoms with Crippen LogP contribution in [0.3, 0.4) is 0 Å². The number of hydrogen-bond acceptors (Lipinski definition) is 4. The number of phenolic OH excluding ortho intramolecular Hbond substituents is 1. The van der Waals surface area contributed by atoms with Gasteiger partial charge in [0.15, 0.2) is 5.78 Å². The van der Waals surface area contributed by atoms with Crippen LogP contribution in [0.2, 0.25) is 0 Å². The fraction of sp³-hybridized carbons (Fsp3) is 0.400. The number of nitrogens with one attached hydrogen (secondary N) is 2. The third-order valence-corrected chi connectivity index (χ3v) is 5.69. The van der Waals surface area contributed by atoms with E-state index in [1.807, 2.05) is 47.6 Å². The van der Waals surface area contributed by atoms with E-state index < -0.39 is 6.03 Å². The predicted octanol–water partition coefficient (Wildman–Crippen LogP) is 5.08. The van der Waals surface area contributed by atoms with Crippen molar-refractivity contribution in [3.8, 4) is 5.75 Å². The van der Waals surface area contributed by atoms with E-state index in [-0.39, 0.29) is 51.7 Å². The van der Waals surface area contributed by atoms with Crippen molar-refractivity contribution in [1.29, 1.82) is 5.41 Å². The van der Waals surface area contributed by atoms with Crippen molar-refractivity contribution < 1.29 is 14.7 Å². The van der Waals surface area contributed by atoms with Crippen LogP contribution in [0.25, 0.3) is 0 Å². The number of benzene rings is 2. The van der Waals surface area contributed by atoms with Crippen LogP contribution in [0, 0.1) is 5.41 Å². The van der Waals surface area contributed by atoms with E-state index in [9.17, 15) is 14.7 Å². The molecule has 3 rings (SSSR count). The van der Waals surface area contributed by atoms with Crippen molar-refractivity contribution in [3.63, 3.8) is 0 Å². The standard InChI is InChI=1S/C25H32N4O3.BrH/c1-24(2,3)18-9-15(10-19(21(18)31)25(4,5)6)20(30)13-29-12-14-7-8-16(28-23(27)32)11-17(14)22(29)26;/h7-11,26,31H,12-13H2,1-6H3,(H3,27,28,32);1H. The molecule has 1 aliphatic heterocycles. The van der Waals surface area contributed by atoms with Gasteiger partial charge in [0.1, 0.15) is 11.6 Å². The second kappa shape index (κ2) is 9.17. The third-order valence-electron chi connectivity index (χ3n) is 5.69. The van der Waals surface area contributed by atoms with Gasteiger partial charge in [0.05, 0.1) is 6.54 Å². The number of rotatable bonds is 4. The highest BCUT2D eigenvalue weighted by molar-refractivity contribution is 8.93. The minimum Gasteiger partial charge on any atom is -0.507 e. The molecule has 0 saturated heterocycles. The Balaban J connectivity index is 0.00000385. The van der Waals surface area contributed by atoms with Gasteiger partial charge in [-0.1, -0.05) is 47.6 Å². The smallest absolute Gasteiger partial charge is 0.316 e. The van der Waals surface area contributed by atoms with Gasteiger partial charge in [0.2, 0.25) is 0 Å². The maximum absolute atomic E-state index is 13.3. The molecule has 0 saturated carbocycles. The molecule has 0 unspecified atom stereocenters. The van der Waals surface area contributed by atoms with Gasteiger partial charge >= 0.3 is 6.03 Å². The lowest BCUT2D eigenvalue weighted by atomic mass is 9.78. The fourth-order valence-electron chi connectivity index (χ4n) is 3.95. The summed E-state index contributed by atoms with van der Waals surface area (Å²) in [5, 5.41) is 21.9. The number of ketones is 1. The highest BCUT2D eigenvalue weighted by Crippen LogP contribution is 2.40. The van der Waals surface area contributed by atoms with Crippen molar-refractivity contribution in [1.82, 2.24) is 4.90 Å². The van der Waals surface area contributed by atoms with E-state index in [0.717, 1.165) is 16.7 Å². The number of nitrogens with zero attached hydrogens (tertiary/aromatic N) is 1. The zero-order valence-corrected chi connectivity index (χ0v) is 21.7. The molecule has 0 radical (unpaired) electrons. The monoisotopic (exact) mass is 516 g/mol. The summed E-state index contributed by atoms with van der Waals surface area (Å²) < 4.78 is 0. The number of amidine groups is 1. The first kappa shape index (κ1) is 26.4. The number of amides is 2. The van der Waals surface area contributed by atoms with Gasteiger partial charge in [-0.3, -0.25) is 10.2 Å². The molecular formula is C25H33BrN4O3. The molecule has 0 spiro atoms. The summed E-state index contributed by atoms with van der Waals surface area (Å²) in [7, 11) is 0. The van der Waals surface area contributed by atoms with Crippen molar-refractivity contribution in [2.75, 3.05) is 11.9 Å². The van der Waals surface area contributed by atoms with E-state index in [1.165, 1.54) is 0 Å². The summed E-state index contributed by atoms with van der Waals surface area (Å²) in [5.74, 6) is 0.346. The summed E-state index contributed by atoms with van der Waals surface area (Å²) in [6.45, 7) is 12.5. The zero-order valence-electron chi connectivity index (χ0n) is 20.0. The van der Waals surface area contributed by atoms with Crippen LogP contribution in [0.1, 0.15) is 74.2 Å². The molecule has 0 atom stereocenters. The topological polar surface area (TPSA) is 120 Å². The summed E-state index contributed by atoms with van der Waals surface area (Å²) in [6.07, 6.45) is 0. The molecule has 33 heavy (non-hydrogen) atoms. The molecule has 2 amide bonds. The number of fused-ring (bicyclic) bond motifs is 1. The second-order valence-electron chi connectivity index (χ2n) is 10.4. The van der Waals surface area contributed by atoms with Crippen LogP contribution < -0.4 is 11.1 Å². The SMILES string of the molecule is Br.CC(C)(C)c1cc(C(=O)CN2Cc3ccc(NC(N)=O)cc3C2=N)cc(C(C)(C)C)c1O. The van der Waals surface area contributed by atoms with Crippen molar-refractivity contribution in [3.05, 3.63) is 58.1 Å². The van der Waals surface area contributed by atoms with Gasteiger partial charge in [-0.25, -0.2) is 4.79 Å². The van der Waals surface area contributed by atoms with Crippen molar-refractivity contribution in [2.45, 2.75) is 58.9 Å². The highest BCUT2D eigenvalue weighted by atomic mass is 79.9. The molecule has 8 heteroatoms. The average molecular weight is 517 g/mol. The molecule has 7 nitrogen and oxygen atoms in total. The fourth-order valence-corrected chi connectivity index (χ4v) is 3.95. The normalized spacial score (nSPS) is 13.4. The van der Waals surface area contributed by atoms with E-state index in [4.69, 9.17) is 11.1 Å². The number of Topliss-reactive ketones (excluding diaryl/α,β-unsaturated/α-hetero) is 1. The summed E-state index contributed by atoms with van der Waals surface area (Å²) in [5.41, 5.74) is 8.59. The van der Waals surface area contributed by atoms with Gasteiger partial charge in [-0.2, -0.15) is 0 Å². The lowest BCUT2D eigenvalue weighted by molar-refractivity contribution is 0.0962. The van der Waals surface area contributed by atoms with Gasteiger partial charge in [0, 0.05) is 34.5 Å². The Hall–Kier alpha value is -2.87. The van der Waals surface area contributed by atoms with Crippen LogP contribution in [0.4, 0.5) is 10.5 Å². The number of carbonyl (C=O) groups excluding carboxylic acids is 2. The van der Waals surface area contributed by atoms with E-state index >= 15 is 0 Å². The first-order valence-electron chi connectivity index (χ1n) is 10.6. The minimum atomic E-state index is -0.668. The predicted molar refractivity (Wildman–Crippen MR) is 137 cm³/mol. The molecule has 0 aliphatic carbocycles. The highest BCUT2D eigenvalue weighted by Gasteiger charge is 2.30. The van der Waals surface area contributed by atoms with E-state index in [0.29, 0.717) is 23.4 Å². The van der Waals surface area contributed by atoms with Crippen LogP contribution in [0.5, 0.6) is 5.75 Å². The first-order chi connectivity index (χ1) is 14.7. The van der Waals surface area contributed by atoms with Crippen LogP contribution in [0.15, 0.2) is 30.3 Å². The second-order valence-corrected chi connectivity index (χ2v) is 10.4. The molecule has 5 N–H and O–H groups in total. The lowest BCUT2D eigenvalue weighted by Gasteiger charge is -2.28. The Labute approximate surface area is 205 Å². The molecule has 1 aliphatic rings. The summed E-state index contributed by atoms with van der Waals surface area (Å²) >= 11 is 0. The number of carbonyl (C=O) groups is 2. The Morgan fingerprint density at radius 3 is 2.09 bits per heavy atom. The number of primary amides is 1. The van der Waals surface area contributed by atoms with E-state index in [2.05, 4.69) is 5.32 Å². The third kappa shape index (κ3) is 5.55. The Bertz CT molecular complexity index is 1080. The molecule has 0 fully saturated rings. The molecule has 178 valence electrons. The van der Waals surface area contributed by atoms with Crippen molar-refractivity contribution >= 4 is 40.3 Å². The molecule has 2 aromatic rings. The average Bonchev–Trinajstić information content (AvgIpc) is 2.95. The quantitative estimate of drug-likeness (QED) is 0.423. The largest absolute Gasteiger partial charge is 0.507 e. The maximum atomic E-state index is 13.3. The lowest BCUT2D eigenvalue weighted by Crippen LogP contribution is -2.30. The van der Waals surface area contributed by atoms with Gasteiger partial charge in [-0.05, 0) is 40.7 Å². The number of urea groups is 1. The number of halogens is 1. The number of hydrogen-bond donors (Lipinski definition) is 4. The molecule has 1 heterocycles.